The molecule has 0 aliphatic carbocycles. The Kier molecular flexibility index (Phi) is 4.36. The summed E-state index contributed by atoms with van der Waals surface area (Å²) in [5.41, 5.74) is 5.45. The number of nitrogens with two attached hydrogens (primary N) is 1. The van der Waals surface area contributed by atoms with Crippen molar-refractivity contribution in [3.8, 4) is 0 Å². The van der Waals surface area contributed by atoms with Crippen molar-refractivity contribution in [3.63, 3.8) is 0 Å². The molecule has 3 N–H and O–H groups in total. The van der Waals surface area contributed by atoms with E-state index in [1.165, 1.54) is 0 Å². The van der Waals surface area contributed by atoms with Crippen LogP contribution in [0.1, 0.15) is 13.3 Å². The Morgan fingerprint density at radius 2 is 2.33 bits per heavy atom. The molecule has 2 nitrogen and oxygen atoms in total. The van der Waals surface area contributed by atoms with Crippen LogP contribution in [-0.4, -0.2) is 17.8 Å². The predicted molar refractivity (Wildman–Crippen MR) is 39.0 cm³/mol. The maximum atomic E-state index is 8.52. The minimum atomic E-state index is -0.0852. The summed E-state index contributed by atoms with van der Waals surface area (Å²) in [4.78, 5) is 0. The summed E-state index contributed by atoms with van der Waals surface area (Å²) >= 11 is 0. The van der Waals surface area contributed by atoms with E-state index < -0.39 is 0 Å². The molecule has 0 rings (SSSR count). The second-order valence-corrected chi connectivity index (χ2v) is 2.39. The Labute approximate surface area is 56.4 Å². The van der Waals surface area contributed by atoms with Crippen molar-refractivity contribution in [2.45, 2.75) is 19.4 Å². The summed E-state index contributed by atoms with van der Waals surface area (Å²) < 4.78 is 0. The second kappa shape index (κ2) is 4.53. The van der Waals surface area contributed by atoms with E-state index in [1.54, 1.807) is 0 Å². The minimum absolute atomic E-state index is 0.0676. The third-order valence-corrected chi connectivity index (χ3v) is 1.31. The first-order chi connectivity index (χ1) is 4.20. The molecule has 0 saturated heterocycles. The van der Waals surface area contributed by atoms with Crippen LogP contribution in [0.4, 0.5) is 0 Å². The average Bonchev–Trinajstić information content (AvgIpc) is 1.87. The van der Waals surface area contributed by atoms with Gasteiger partial charge in [-0.3, -0.25) is 0 Å². The lowest BCUT2D eigenvalue weighted by Gasteiger charge is -2.10. The minimum Gasteiger partial charge on any atom is -0.395 e. The molecule has 0 radical (unpaired) electrons. The van der Waals surface area contributed by atoms with E-state index in [9.17, 15) is 0 Å². The number of hydrogen-bond acceptors (Lipinski definition) is 2. The van der Waals surface area contributed by atoms with Gasteiger partial charge in [0.2, 0.25) is 0 Å². The van der Waals surface area contributed by atoms with Gasteiger partial charge in [0, 0.05) is 6.04 Å². The van der Waals surface area contributed by atoms with Gasteiger partial charge in [-0.2, -0.15) is 0 Å². The fourth-order valence-electron chi connectivity index (χ4n) is 0.648. The van der Waals surface area contributed by atoms with Gasteiger partial charge in [-0.15, -0.1) is 6.58 Å². The van der Waals surface area contributed by atoms with Crippen molar-refractivity contribution < 1.29 is 5.11 Å². The van der Waals surface area contributed by atoms with Crippen molar-refractivity contribution >= 4 is 0 Å². The zero-order chi connectivity index (χ0) is 7.28. The highest BCUT2D eigenvalue weighted by molar-refractivity contribution is 4.78. The van der Waals surface area contributed by atoms with Gasteiger partial charge in [0.05, 0.1) is 6.61 Å². The van der Waals surface area contributed by atoms with E-state index in [0.29, 0.717) is 5.92 Å². The highest BCUT2D eigenvalue weighted by Gasteiger charge is 2.03. The molecule has 2 heteroatoms. The molecular weight excluding hydrogens is 114 g/mol. The molecule has 0 aromatic carbocycles. The molecule has 0 spiro atoms. The van der Waals surface area contributed by atoms with Crippen LogP contribution in [0.2, 0.25) is 0 Å². The van der Waals surface area contributed by atoms with Crippen molar-refractivity contribution in [1.82, 2.24) is 0 Å². The third kappa shape index (κ3) is 4.18. The van der Waals surface area contributed by atoms with Gasteiger partial charge in [-0.25, -0.2) is 0 Å². The Bertz CT molecular complexity index is 83.0. The van der Waals surface area contributed by atoms with Crippen LogP contribution in [0.5, 0.6) is 0 Å². The number of rotatable bonds is 4. The fraction of sp³-hybridized carbons (Fsp3) is 0.714. The molecule has 0 aliphatic heterocycles. The van der Waals surface area contributed by atoms with Gasteiger partial charge >= 0.3 is 0 Å². The molecule has 0 bridgehead atoms. The molecule has 2 atom stereocenters. The Morgan fingerprint density at radius 1 is 1.78 bits per heavy atom. The maximum Gasteiger partial charge on any atom is 0.0582 e. The average molecular weight is 129 g/mol. The first-order valence-electron chi connectivity index (χ1n) is 3.19. The topological polar surface area (TPSA) is 46.2 Å². The standard InChI is InChI=1S/C7H15NO/c1-3-6(2)4-7(8)5-9/h3,6-7,9H,1,4-5,8H2,2H3. The lowest BCUT2D eigenvalue weighted by molar-refractivity contribution is 0.253. The highest BCUT2D eigenvalue weighted by atomic mass is 16.3. The van der Waals surface area contributed by atoms with Crippen LogP contribution in [0.3, 0.4) is 0 Å². The molecule has 0 aliphatic rings. The quantitative estimate of drug-likeness (QED) is 0.543. The highest BCUT2D eigenvalue weighted by Crippen LogP contribution is 2.03. The lowest BCUT2D eigenvalue weighted by Crippen LogP contribution is -2.26. The number of aliphatic hydroxyl groups is 1. The van der Waals surface area contributed by atoms with E-state index in [0.717, 1.165) is 6.42 Å². The monoisotopic (exact) mass is 129 g/mol. The van der Waals surface area contributed by atoms with Gasteiger partial charge in [0.1, 0.15) is 0 Å². The fourth-order valence-corrected chi connectivity index (χ4v) is 0.648. The molecule has 0 saturated carbocycles. The van der Waals surface area contributed by atoms with E-state index in [1.807, 2.05) is 13.0 Å². The smallest absolute Gasteiger partial charge is 0.0582 e. The Morgan fingerprint density at radius 3 is 2.67 bits per heavy atom. The summed E-state index contributed by atoms with van der Waals surface area (Å²) in [7, 11) is 0. The summed E-state index contributed by atoms with van der Waals surface area (Å²) in [5.74, 6) is 0.409. The van der Waals surface area contributed by atoms with Crippen molar-refractivity contribution in [2.75, 3.05) is 6.61 Å². The van der Waals surface area contributed by atoms with Crippen molar-refractivity contribution in [3.05, 3.63) is 12.7 Å². The van der Waals surface area contributed by atoms with Crippen LogP contribution in [0.25, 0.3) is 0 Å². The normalized spacial score (nSPS) is 16.8. The summed E-state index contributed by atoms with van der Waals surface area (Å²) in [5, 5.41) is 8.52. The first kappa shape index (κ1) is 8.66. The molecule has 0 aromatic heterocycles. The van der Waals surface area contributed by atoms with Gasteiger partial charge in [-0.1, -0.05) is 13.0 Å². The Balaban J connectivity index is 3.33. The van der Waals surface area contributed by atoms with Gasteiger partial charge in [0.25, 0.3) is 0 Å². The molecule has 0 heterocycles. The van der Waals surface area contributed by atoms with Gasteiger partial charge in [-0.05, 0) is 12.3 Å². The summed E-state index contributed by atoms with van der Waals surface area (Å²) in [6.45, 7) is 5.71. The van der Waals surface area contributed by atoms with Crippen LogP contribution >= 0.6 is 0 Å². The summed E-state index contributed by atoms with van der Waals surface area (Å²) in [6.07, 6.45) is 2.66. The predicted octanol–water partition coefficient (Wildman–Crippen LogP) is 0.518. The molecule has 0 fully saturated rings. The first-order valence-corrected chi connectivity index (χ1v) is 3.19. The van der Waals surface area contributed by atoms with Crippen LogP contribution in [0, 0.1) is 5.92 Å². The maximum absolute atomic E-state index is 8.52. The van der Waals surface area contributed by atoms with Crippen LogP contribution in [-0.2, 0) is 0 Å². The molecule has 0 amide bonds. The van der Waals surface area contributed by atoms with E-state index >= 15 is 0 Å². The number of aliphatic hydroxyl groups excluding tert-OH is 1. The van der Waals surface area contributed by atoms with E-state index in [4.69, 9.17) is 10.8 Å². The number of hydrogen-bond donors (Lipinski definition) is 2. The largest absolute Gasteiger partial charge is 0.395 e. The third-order valence-electron chi connectivity index (χ3n) is 1.31. The molecular formula is C7H15NO. The van der Waals surface area contributed by atoms with E-state index in [-0.39, 0.29) is 12.6 Å². The van der Waals surface area contributed by atoms with Crippen molar-refractivity contribution in [1.29, 1.82) is 0 Å². The van der Waals surface area contributed by atoms with Crippen LogP contribution in [0.15, 0.2) is 12.7 Å². The molecule has 0 aromatic rings. The second-order valence-electron chi connectivity index (χ2n) is 2.39. The van der Waals surface area contributed by atoms with Crippen molar-refractivity contribution in [2.24, 2.45) is 11.7 Å². The molecule has 9 heavy (non-hydrogen) atoms. The SMILES string of the molecule is C=CC(C)CC(N)CO. The van der Waals surface area contributed by atoms with Gasteiger partial charge < -0.3 is 10.8 Å². The Hall–Kier alpha value is -0.340. The zero-order valence-electron chi connectivity index (χ0n) is 5.88. The molecule has 54 valence electrons. The van der Waals surface area contributed by atoms with Crippen LogP contribution < -0.4 is 5.73 Å². The summed E-state index contributed by atoms with van der Waals surface area (Å²) in [6, 6.07) is -0.0852. The zero-order valence-corrected chi connectivity index (χ0v) is 5.88. The van der Waals surface area contributed by atoms with Gasteiger partial charge in [0.15, 0.2) is 0 Å². The lowest BCUT2D eigenvalue weighted by atomic mass is 10.0. The van der Waals surface area contributed by atoms with E-state index in [2.05, 4.69) is 6.58 Å². The number of allylic oxidation sites excluding steroid dienone is 1. The molecule has 2 unspecified atom stereocenters.